The van der Waals surface area contributed by atoms with E-state index in [9.17, 15) is 9.18 Å². The van der Waals surface area contributed by atoms with Crippen LogP contribution in [0.3, 0.4) is 0 Å². The minimum absolute atomic E-state index is 0.0889. The summed E-state index contributed by atoms with van der Waals surface area (Å²) in [4.78, 5) is 14.7. The quantitative estimate of drug-likeness (QED) is 0.884. The summed E-state index contributed by atoms with van der Waals surface area (Å²) in [5.41, 5.74) is 6.93. The van der Waals surface area contributed by atoms with E-state index in [2.05, 4.69) is 4.98 Å². The molecule has 0 atom stereocenters. The van der Waals surface area contributed by atoms with Crippen LogP contribution in [-0.2, 0) is 0 Å². The first-order valence-electron chi connectivity index (χ1n) is 5.88. The smallest absolute Gasteiger partial charge is 0.256 e. The average molecular weight is 281 g/mol. The van der Waals surface area contributed by atoms with Crippen LogP contribution in [0.5, 0.6) is 0 Å². The maximum absolute atomic E-state index is 13.8. The SMILES string of the molecule is CC(C)c1[nH]c(=O)c(-c2cc(Cl)ccc2F)cc1N. The molecule has 1 aromatic carbocycles. The topological polar surface area (TPSA) is 58.9 Å². The first-order valence-corrected chi connectivity index (χ1v) is 6.26. The summed E-state index contributed by atoms with van der Waals surface area (Å²) in [5, 5.41) is 0.363. The van der Waals surface area contributed by atoms with Crippen LogP contribution in [0.4, 0.5) is 10.1 Å². The molecule has 0 saturated heterocycles. The molecule has 0 unspecified atom stereocenters. The first kappa shape index (κ1) is 13.6. The van der Waals surface area contributed by atoms with Crippen molar-refractivity contribution in [2.24, 2.45) is 0 Å². The molecule has 19 heavy (non-hydrogen) atoms. The molecule has 5 heteroatoms. The van der Waals surface area contributed by atoms with Crippen molar-refractivity contribution < 1.29 is 4.39 Å². The minimum Gasteiger partial charge on any atom is -0.397 e. The second-order valence-electron chi connectivity index (χ2n) is 4.66. The molecule has 2 aromatic rings. The van der Waals surface area contributed by atoms with Crippen LogP contribution in [0.15, 0.2) is 29.1 Å². The van der Waals surface area contributed by atoms with Crippen molar-refractivity contribution in [1.82, 2.24) is 4.98 Å². The molecule has 100 valence electrons. The Bertz CT molecular complexity index is 680. The van der Waals surface area contributed by atoms with Crippen LogP contribution in [-0.4, -0.2) is 4.98 Å². The van der Waals surface area contributed by atoms with Crippen molar-refractivity contribution in [3.8, 4) is 11.1 Å². The maximum Gasteiger partial charge on any atom is 0.256 e. The number of halogens is 2. The lowest BCUT2D eigenvalue weighted by atomic mass is 10.0. The molecule has 3 nitrogen and oxygen atoms in total. The number of hydrogen-bond acceptors (Lipinski definition) is 2. The average Bonchev–Trinajstić information content (AvgIpc) is 2.34. The third kappa shape index (κ3) is 2.63. The van der Waals surface area contributed by atoms with E-state index in [4.69, 9.17) is 17.3 Å². The van der Waals surface area contributed by atoms with Crippen molar-refractivity contribution in [2.45, 2.75) is 19.8 Å². The van der Waals surface area contributed by atoms with Crippen LogP contribution in [0.1, 0.15) is 25.5 Å². The summed E-state index contributed by atoms with van der Waals surface area (Å²) in [6.07, 6.45) is 0. The number of benzene rings is 1. The van der Waals surface area contributed by atoms with Gasteiger partial charge in [0.05, 0.1) is 11.3 Å². The molecule has 3 N–H and O–H groups in total. The van der Waals surface area contributed by atoms with Crippen molar-refractivity contribution in [3.05, 3.63) is 51.2 Å². The Labute approximate surface area is 115 Å². The summed E-state index contributed by atoms with van der Waals surface area (Å²) >= 11 is 5.83. The Morgan fingerprint density at radius 1 is 1.26 bits per heavy atom. The van der Waals surface area contributed by atoms with Gasteiger partial charge in [0, 0.05) is 16.3 Å². The predicted molar refractivity (Wildman–Crippen MR) is 76.0 cm³/mol. The highest BCUT2D eigenvalue weighted by atomic mass is 35.5. The van der Waals surface area contributed by atoms with Gasteiger partial charge in [0.2, 0.25) is 0 Å². The van der Waals surface area contributed by atoms with Gasteiger partial charge in [0.25, 0.3) is 5.56 Å². The molecule has 0 spiro atoms. The summed E-state index contributed by atoms with van der Waals surface area (Å²) in [7, 11) is 0. The van der Waals surface area contributed by atoms with Crippen LogP contribution < -0.4 is 11.3 Å². The van der Waals surface area contributed by atoms with Crippen LogP contribution in [0, 0.1) is 5.82 Å². The lowest BCUT2D eigenvalue weighted by Gasteiger charge is -2.11. The Morgan fingerprint density at radius 3 is 2.58 bits per heavy atom. The van der Waals surface area contributed by atoms with Crippen LogP contribution >= 0.6 is 11.6 Å². The number of anilines is 1. The normalized spacial score (nSPS) is 11.0. The zero-order valence-electron chi connectivity index (χ0n) is 10.6. The van der Waals surface area contributed by atoms with Gasteiger partial charge in [-0.2, -0.15) is 0 Å². The van der Waals surface area contributed by atoms with E-state index < -0.39 is 5.82 Å². The number of aromatic amines is 1. The molecule has 0 saturated carbocycles. The number of aromatic nitrogens is 1. The molecule has 1 aromatic heterocycles. The second-order valence-corrected chi connectivity index (χ2v) is 5.10. The molecule has 0 amide bonds. The third-order valence-electron chi connectivity index (χ3n) is 2.90. The van der Waals surface area contributed by atoms with Gasteiger partial charge in [-0.05, 0) is 30.2 Å². The summed E-state index contributed by atoms with van der Waals surface area (Å²) in [6.45, 7) is 3.84. The fourth-order valence-electron chi connectivity index (χ4n) is 1.94. The van der Waals surface area contributed by atoms with Crippen molar-refractivity contribution in [3.63, 3.8) is 0 Å². The second kappa shape index (κ2) is 5.05. The van der Waals surface area contributed by atoms with E-state index in [-0.39, 0.29) is 22.6 Å². The third-order valence-corrected chi connectivity index (χ3v) is 3.13. The minimum atomic E-state index is -0.508. The summed E-state index contributed by atoms with van der Waals surface area (Å²) in [6, 6.07) is 5.56. The molecule has 1 heterocycles. The standard InChI is InChI=1S/C14H14ClFN2O/c1-7(2)13-12(17)6-10(14(19)18-13)9-5-8(15)3-4-11(9)16/h3-7H,17H2,1-2H3,(H,18,19). The van der Waals surface area contributed by atoms with E-state index in [1.807, 2.05) is 13.8 Å². The van der Waals surface area contributed by atoms with Crippen molar-refractivity contribution in [2.75, 3.05) is 5.73 Å². The van der Waals surface area contributed by atoms with E-state index >= 15 is 0 Å². The zero-order chi connectivity index (χ0) is 14.2. The molecule has 2 rings (SSSR count). The van der Waals surface area contributed by atoms with Gasteiger partial charge in [0.15, 0.2) is 0 Å². The summed E-state index contributed by atoms with van der Waals surface area (Å²) in [5.74, 6) is -0.419. The number of nitrogens with two attached hydrogens (primary N) is 1. The largest absolute Gasteiger partial charge is 0.397 e. The predicted octanol–water partition coefficient (Wildman–Crippen LogP) is 3.54. The van der Waals surface area contributed by atoms with Crippen molar-refractivity contribution in [1.29, 1.82) is 0 Å². The molecular formula is C14H14ClFN2O. The van der Waals surface area contributed by atoms with Crippen LogP contribution in [0.2, 0.25) is 5.02 Å². The van der Waals surface area contributed by atoms with E-state index in [0.717, 1.165) is 0 Å². The lowest BCUT2D eigenvalue weighted by molar-refractivity contribution is 0.631. The number of pyridine rings is 1. The molecule has 0 aliphatic rings. The monoisotopic (exact) mass is 280 g/mol. The van der Waals surface area contributed by atoms with Gasteiger partial charge in [-0.3, -0.25) is 4.79 Å². The summed E-state index contributed by atoms with van der Waals surface area (Å²) < 4.78 is 13.8. The molecule has 0 bridgehead atoms. The first-order chi connectivity index (χ1) is 8.90. The number of hydrogen-bond donors (Lipinski definition) is 2. The maximum atomic E-state index is 13.8. The molecule has 0 fully saturated rings. The zero-order valence-corrected chi connectivity index (χ0v) is 11.4. The molecular weight excluding hydrogens is 267 g/mol. The molecule has 0 aliphatic heterocycles. The Morgan fingerprint density at radius 2 is 1.95 bits per heavy atom. The van der Waals surface area contributed by atoms with Gasteiger partial charge < -0.3 is 10.7 Å². The fourth-order valence-corrected chi connectivity index (χ4v) is 2.11. The number of nitrogen functional groups attached to an aromatic ring is 1. The van der Waals surface area contributed by atoms with Gasteiger partial charge in [-0.15, -0.1) is 0 Å². The van der Waals surface area contributed by atoms with Gasteiger partial charge in [0.1, 0.15) is 5.82 Å². The Hall–Kier alpha value is -1.81. The number of H-pyrrole nitrogens is 1. The van der Waals surface area contributed by atoms with Gasteiger partial charge in [-0.1, -0.05) is 25.4 Å². The van der Waals surface area contributed by atoms with Gasteiger partial charge in [-0.25, -0.2) is 4.39 Å². The van der Waals surface area contributed by atoms with Gasteiger partial charge >= 0.3 is 0 Å². The Kier molecular flexibility index (Phi) is 3.62. The lowest BCUT2D eigenvalue weighted by Crippen LogP contribution is -2.15. The van der Waals surface area contributed by atoms with E-state index in [1.165, 1.54) is 24.3 Å². The molecule has 0 radical (unpaired) electrons. The number of nitrogens with one attached hydrogen (secondary N) is 1. The molecule has 0 aliphatic carbocycles. The van der Waals surface area contributed by atoms with Crippen LogP contribution in [0.25, 0.3) is 11.1 Å². The fraction of sp³-hybridized carbons (Fsp3) is 0.214. The van der Waals surface area contributed by atoms with E-state index in [1.54, 1.807) is 0 Å². The Balaban J connectivity index is 2.67. The highest BCUT2D eigenvalue weighted by Crippen LogP contribution is 2.27. The van der Waals surface area contributed by atoms with Crippen molar-refractivity contribution >= 4 is 17.3 Å². The number of rotatable bonds is 2. The van der Waals surface area contributed by atoms with E-state index in [0.29, 0.717) is 16.4 Å². The highest BCUT2D eigenvalue weighted by molar-refractivity contribution is 6.30. The highest BCUT2D eigenvalue weighted by Gasteiger charge is 2.14.